The van der Waals surface area contributed by atoms with E-state index in [-0.39, 0.29) is 12.6 Å². The fourth-order valence-corrected chi connectivity index (χ4v) is 3.31. The van der Waals surface area contributed by atoms with Crippen LogP contribution in [0, 0.1) is 19.8 Å². The van der Waals surface area contributed by atoms with Gasteiger partial charge in [-0.2, -0.15) is 0 Å². The Morgan fingerprint density at radius 2 is 2.00 bits per heavy atom. The third kappa shape index (κ3) is 3.46. The van der Waals surface area contributed by atoms with Crippen LogP contribution in [0.3, 0.4) is 0 Å². The largest absolute Gasteiger partial charge is 0.461 e. The molecule has 4 nitrogen and oxygen atoms in total. The standard InChI is InChI=1S/C19H22O4/c1-12-7-8-16-15(10-18(21)23-19(16)13(12)2)11-22-17(20)9-14-5-3-4-6-14/h7-8,10,14H,3-6,9,11H2,1-2H3. The lowest BCUT2D eigenvalue weighted by molar-refractivity contribution is -0.146. The Bertz CT molecular complexity index is 782. The van der Waals surface area contributed by atoms with Gasteiger partial charge in [-0.3, -0.25) is 4.79 Å². The molecule has 0 saturated heterocycles. The molecule has 23 heavy (non-hydrogen) atoms. The summed E-state index contributed by atoms with van der Waals surface area (Å²) in [6.07, 6.45) is 5.14. The zero-order chi connectivity index (χ0) is 16.4. The van der Waals surface area contributed by atoms with Crippen LogP contribution in [0.15, 0.2) is 27.4 Å². The van der Waals surface area contributed by atoms with Gasteiger partial charge in [0.25, 0.3) is 0 Å². The van der Waals surface area contributed by atoms with E-state index in [2.05, 4.69) is 0 Å². The second kappa shape index (κ2) is 6.57. The van der Waals surface area contributed by atoms with Crippen LogP contribution in [0.25, 0.3) is 11.0 Å². The summed E-state index contributed by atoms with van der Waals surface area (Å²) in [4.78, 5) is 23.8. The molecule has 0 atom stereocenters. The number of carbonyl (C=O) groups is 1. The van der Waals surface area contributed by atoms with Crippen molar-refractivity contribution in [1.29, 1.82) is 0 Å². The van der Waals surface area contributed by atoms with Gasteiger partial charge < -0.3 is 9.15 Å². The molecule has 0 bridgehead atoms. The summed E-state index contributed by atoms with van der Waals surface area (Å²) >= 11 is 0. The third-order valence-electron chi connectivity index (χ3n) is 4.84. The second-order valence-corrected chi connectivity index (χ2v) is 6.49. The van der Waals surface area contributed by atoms with Crippen LogP contribution in [0.5, 0.6) is 0 Å². The fourth-order valence-electron chi connectivity index (χ4n) is 3.31. The van der Waals surface area contributed by atoms with Crippen molar-refractivity contribution in [2.24, 2.45) is 5.92 Å². The Balaban J connectivity index is 1.78. The summed E-state index contributed by atoms with van der Waals surface area (Å²) in [5.74, 6) is 0.284. The van der Waals surface area contributed by atoms with Crippen molar-refractivity contribution in [1.82, 2.24) is 0 Å². The van der Waals surface area contributed by atoms with Crippen LogP contribution < -0.4 is 5.63 Å². The number of hydrogen-bond acceptors (Lipinski definition) is 4. The second-order valence-electron chi connectivity index (χ2n) is 6.49. The van der Waals surface area contributed by atoms with Gasteiger partial charge in [-0.1, -0.05) is 25.0 Å². The Labute approximate surface area is 135 Å². The van der Waals surface area contributed by atoms with Crippen LogP contribution in [0.2, 0.25) is 0 Å². The van der Waals surface area contributed by atoms with E-state index < -0.39 is 5.63 Å². The molecule has 1 aliphatic rings. The lowest BCUT2D eigenvalue weighted by Gasteiger charge is -2.11. The average molecular weight is 314 g/mol. The van der Waals surface area contributed by atoms with E-state index in [9.17, 15) is 9.59 Å². The number of esters is 1. The number of ether oxygens (including phenoxy) is 1. The van der Waals surface area contributed by atoms with Crippen molar-refractivity contribution in [3.05, 3.63) is 45.3 Å². The van der Waals surface area contributed by atoms with Gasteiger partial charge in [0.05, 0.1) is 0 Å². The summed E-state index contributed by atoms with van der Waals surface area (Å²) in [5.41, 5.74) is 2.89. The van der Waals surface area contributed by atoms with Gasteiger partial charge in [0.2, 0.25) is 0 Å². The van der Waals surface area contributed by atoms with Crippen LogP contribution >= 0.6 is 0 Å². The number of fused-ring (bicyclic) bond motifs is 1. The summed E-state index contributed by atoms with van der Waals surface area (Å²) in [5, 5.41) is 0.835. The minimum Gasteiger partial charge on any atom is -0.461 e. The van der Waals surface area contributed by atoms with Gasteiger partial charge in [0, 0.05) is 23.4 Å². The molecule has 2 aromatic rings. The quantitative estimate of drug-likeness (QED) is 0.631. The number of rotatable bonds is 4. The van der Waals surface area contributed by atoms with Crippen LogP contribution in [0.4, 0.5) is 0 Å². The lowest BCUT2D eigenvalue weighted by Crippen LogP contribution is -2.11. The first-order valence-corrected chi connectivity index (χ1v) is 8.23. The van der Waals surface area contributed by atoms with Crippen LogP contribution in [0.1, 0.15) is 48.8 Å². The first-order chi connectivity index (χ1) is 11.0. The summed E-state index contributed by atoms with van der Waals surface area (Å²) in [7, 11) is 0. The highest BCUT2D eigenvalue weighted by molar-refractivity contribution is 5.84. The third-order valence-corrected chi connectivity index (χ3v) is 4.84. The van der Waals surface area contributed by atoms with E-state index in [0.717, 1.165) is 29.4 Å². The molecular weight excluding hydrogens is 292 g/mol. The van der Waals surface area contributed by atoms with E-state index >= 15 is 0 Å². The van der Waals surface area contributed by atoms with Gasteiger partial charge in [0.1, 0.15) is 12.2 Å². The maximum absolute atomic E-state index is 12.0. The highest BCUT2D eigenvalue weighted by atomic mass is 16.5. The van der Waals surface area contributed by atoms with E-state index in [0.29, 0.717) is 23.5 Å². The Morgan fingerprint density at radius 3 is 2.74 bits per heavy atom. The summed E-state index contributed by atoms with van der Waals surface area (Å²) in [6.45, 7) is 4.02. The zero-order valence-corrected chi connectivity index (χ0v) is 13.7. The van der Waals surface area contributed by atoms with Crippen molar-refractivity contribution < 1.29 is 13.9 Å². The van der Waals surface area contributed by atoms with Gasteiger partial charge >= 0.3 is 11.6 Å². The molecule has 1 aromatic carbocycles. The first-order valence-electron chi connectivity index (χ1n) is 8.23. The molecule has 1 saturated carbocycles. The molecule has 0 spiro atoms. The topological polar surface area (TPSA) is 56.5 Å². The first kappa shape index (κ1) is 15.8. The monoisotopic (exact) mass is 314 g/mol. The Morgan fingerprint density at radius 1 is 1.26 bits per heavy atom. The van der Waals surface area contributed by atoms with Gasteiger partial charge in [0.15, 0.2) is 0 Å². The summed E-state index contributed by atoms with van der Waals surface area (Å²) in [6, 6.07) is 5.32. The van der Waals surface area contributed by atoms with E-state index in [1.54, 1.807) is 0 Å². The molecule has 1 fully saturated rings. The minimum atomic E-state index is -0.409. The molecule has 4 heteroatoms. The van der Waals surface area contributed by atoms with Crippen molar-refractivity contribution >= 4 is 16.9 Å². The predicted octanol–water partition coefficient (Wildman–Crippen LogP) is 4.03. The molecule has 0 amide bonds. The number of aryl methyl sites for hydroxylation is 2. The SMILES string of the molecule is Cc1ccc2c(COC(=O)CC3CCCC3)cc(=O)oc2c1C. The molecule has 122 valence electrons. The highest BCUT2D eigenvalue weighted by Gasteiger charge is 2.19. The van der Waals surface area contributed by atoms with Gasteiger partial charge in [-0.15, -0.1) is 0 Å². The molecule has 1 heterocycles. The number of carbonyl (C=O) groups excluding carboxylic acids is 1. The smallest absolute Gasteiger partial charge is 0.336 e. The molecule has 0 unspecified atom stereocenters. The number of benzene rings is 1. The fraction of sp³-hybridized carbons (Fsp3) is 0.474. The van der Waals surface area contributed by atoms with Crippen LogP contribution in [-0.2, 0) is 16.1 Å². The van der Waals surface area contributed by atoms with E-state index in [4.69, 9.17) is 9.15 Å². The lowest BCUT2D eigenvalue weighted by atomic mass is 10.0. The van der Waals surface area contributed by atoms with Gasteiger partial charge in [-0.05, 0) is 43.7 Å². The van der Waals surface area contributed by atoms with Crippen LogP contribution in [-0.4, -0.2) is 5.97 Å². The van der Waals surface area contributed by atoms with Crippen molar-refractivity contribution in [2.45, 2.75) is 52.6 Å². The molecule has 0 N–H and O–H groups in total. The molecule has 1 aromatic heterocycles. The molecular formula is C19H22O4. The van der Waals surface area contributed by atoms with Crippen molar-refractivity contribution in [3.8, 4) is 0 Å². The molecule has 0 radical (unpaired) electrons. The van der Waals surface area contributed by atoms with Crippen molar-refractivity contribution in [2.75, 3.05) is 0 Å². The van der Waals surface area contributed by atoms with E-state index in [1.165, 1.54) is 18.9 Å². The average Bonchev–Trinajstić information content (AvgIpc) is 3.02. The Hall–Kier alpha value is -2.10. The summed E-state index contributed by atoms with van der Waals surface area (Å²) < 4.78 is 10.7. The zero-order valence-electron chi connectivity index (χ0n) is 13.7. The maximum atomic E-state index is 12.0. The molecule has 1 aliphatic carbocycles. The number of hydrogen-bond donors (Lipinski definition) is 0. The maximum Gasteiger partial charge on any atom is 0.336 e. The van der Waals surface area contributed by atoms with Gasteiger partial charge in [-0.25, -0.2) is 4.79 Å². The normalized spacial score (nSPS) is 15.2. The minimum absolute atomic E-state index is 0.121. The van der Waals surface area contributed by atoms with E-state index in [1.807, 2.05) is 26.0 Å². The predicted molar refractivity (Wildman–Crippen MR) is 88.3 cm³/mol. The Kier molecular flexibility index (Phi) is 4.51. The molecule has 3 rings (SSSR count). The molecule has 0 aliphatic heterocycles. The highest BCUT2D eigenvalue weighted by Crippen LogP contribution is 2.28. The van der Waals surface area contributed by atoms with Crippen molar-refractivity contribution in [3.63, 3.8) is 0 Å².